The Morgan fingerprint density at radius 3 is 2.34 bits per heavy atom. The molecule has 11 heteroatoms. The van der Waals surface area contributed by atoms with Gasteiger partial charge in [-0.05, 0) is 81.1 Å². The first kappa shape index (κ1) is 31.8. The molecule has 3 aromatic carbocycles. The average molecular weight is 600 g/mol. The minimum atomic E-state index is -4.21. The Kier molecular flexibility index (Phi) is 11.5. The number of carbonyl (C=O) groups excluding carboxylic acids is 2. The van der Waals surface area contributed by atoms with E-state index in [1.165, 1.54) is 28.8 Å². The fourth-order valence-corrected chi connectivity index (χ4v) is 6.03. The number of nitrogens with one attached hydrogen (secondary N) is 1. The van der Waals surface area contributed by atoms with E-state index in [4.69, 9.17) is 9.47 Å². The van der Waals surface area contributed by atoms with Crippen molar-refractivity contribution in [1.29, 1.82) is 0 Å². The summed E-state index contributed by atoms with van der Waals surface area (Å²) in [6.07, 6.45) is 1.90. The number of para-hydroxylation sites is 2. The van der Waals surface area contributed by atoms with Gasteiger partial charge in [-0.2, -0.15) is 0 Å². The third kappa shape index (κ3) is 7.95. The second-order valence-electron chi connectivity index (χ2n) is 9.03. The highest BCUT2D eigenvalue weighted by molar-refractivity contribution is 7.98. The number of carbonyl (C=O) groups is 2. The zero-order valence-electron chi connectivity index (χ0n) is 24.0. The molecule has 0 aliphatic rings. The van der Waals surface area contributed by atoms with Crippen LogP contribution in [0.2, 0.25) is 0 Å². The van der Waals surface area contributed by atoms with Gasteiger partial charge in [0.05, 0.1) is 24.3 Å². The first-order valence-electron chi connectivity index (χ1n) is 13.2. The molecule has 0 aromatic heterocycles. The molecule has 0 aliphatic carbocycles. The maximum atomic E-state index is 14.1. The summed E-state index contributed by atoms with van der Waals surface area (Å²) in [6.45, 7) is 5.42. The monoisotopic (exact) mass is 599 g/mol. The Labute approximate surface area is 246 Å². The molecule has 0 bridgehead atoms. The van der Waals surface area contributed by atoms with Crippen molar-refractivity contribution in [2.75, 3.05) is 37.4 Å². The molecule has 0 unspecified atom stereocenters. The van der Waals surface area contributed by atoms with Gasteiger partial charge >= 0.3 is 0 Å². The standard InChI is InChI=1S/C30H37N3O6S2/c1-6-31-30(35)22(3)32(20-23-11-10-12-24(19-23)38-4)29(34)21-33(27-13-8-9-14-28(27)39-7-2)41(36,37)26-17-15-25(40-5)16-18-26/h8-19,22H,6-7,20-21H2,1-5H3,(H,31,35)/t22-/m1/s1. The van der Waals surface area contributed by atoms with Gasteiger partial charge in [-0.15, -0.1) is 11.8 Å². The van der Waals surface area contributed by atoms with Crippen LogP contribution in [0.4, 0.5) is 5.69 Å². The van der Waals surface area contributed by atoms with Crippen LogP contribution in [-0.4, -0.2) is 64.2 Å². The molecule has 0 saturated carbocycles. The van der Waals surface area contributed by atoms with Crippen LogP contribution < -0.4 is 19.1 Å². The van der Waals surface area contributed by atoms with E-state index in [0.29, 0.717) is 24.7 Å². The molecule has 41 heavy (non-hydrogen) atoms. The van der Waals surface area contributed by atoms with E-state index in [0.717, 1.165) is 14.8 Å². The molecular formula is C30H37N3O6S2. The number of benzene rings is 3. The third-order valence-electron chi connectivity index (χ3n) is 6.37. The number of nitrogens with zero attached hydrogens (tertiary/aromatic N) is 2. The van der Waals surface area contributed by atoms with Crippen LogP contribution in [0.1, 0.15) is 26.3 Å². The Morgan fingerprint density at radius 2 is 1.71 bits per heavy atom. The van der Waals surface area contributed by atoms with Gasteiger partial charge in [-0.1, -0.05) is 24.3 Å². The van der Waals surface area contributed by atoms with E-state index in [-0.39, 0.29) is 23.0 Å². The SMILES string of the molecule is CCNC(=O)[C@@H](C)N(Cc1cccc(OC)c1)C(=O)CN(c1ccccc1OCC)S(=O)(=O)c1ccc(SC)cc1. The maximum absolute atomic E-state index is 14.1. The van der Waals surface area contributed by atoms with E-state index in [1.807, 2.05) is 12.3 Å². The number of anilines is 1. The van der Waals surface area contributed by atoms with Crippen molar-refractivity contribution in [3.8, 4) is 11.5 Å². The van der Waals surface area contributed by atoms with Gasteiger partial charge in [0.25, 0.3) is 10.0 Å². The normalized spacial score (nSPS) is 11.8. The van der Waals surface area contributed by atoms with Crippen molar-refractivity contribution >= 4 is 39.3 Å². The fourth-order valence-electron chi connectivity index (χ4n) is 4.20. The first-order valence-corrected chi connectivity index (χ1v) is 15.9. The molecule has 0 radical (unpaired) electrons. The summed E-state index contributed by atoms with van der Waals surface area (Å²) in [7, 11) is -2.67. The number of thioether (sulfide) groups is 1. The number of ether oxygens (including phenoxy) is 2. The predicted octanol–water partition coefficient (Wildman–Crippen LogP) is 4.56. The van der Waals surface area contributed by atoms with Crippen molar-refractivity contribution in [2.45, 2.75) is 43.1 Å². The van der Waals surface area contributed by atoms with Gasteiger partial charge in [-0.3, -0.25) is 13.9 Å². The predicted molar refractivity (Wildman–Crippen MR) is 162 cm³/mol. The lowest BCUT2D eigenvalue weighted by atomic mass is 10.1. The lowest BCUT2D eigenvalue weighted by Crippen LogP contribution is -2.51. The molecule has 0 saturated heterocycles. The number of sulfonamides is 1. The van der Waals surface area contributed by atoms with Gasteiger partial charge in [0.15, 0.2) is 0 Å². The molecule has 220 valence electrons. The minimum Gasteiger partial charge on any atom is -0.497 e. The van der Waals surface area contributed by atoms with E-state index < -0.39 is 28.5 Å². The van der Waals surface area contributed by atoms with Crippen molar-refractivity contribution in [1.82, 2.24) is 10.2 Å². The van der Waals surface area contributed by atoms with Crippen LogP contribution in [0.5, 0.6) is 11.5 Å². The summed E-state index contributed by atoms with van der Waals surface area (Å²) in [5.74, 6) is 0.0232. The minimum absolute atomic E-state index is 0.0329. The largest absolute Gasteiger partial charge is 0.497 e. The summed E-state index contributed by atoms with van der Waals surface area (Å²) < 4.78 is 40.3. The molecule has 0 fully saturated rings. The summed E-state index contributed by atoms with van der Waals surface area (Å²) in [6, 6.07) is 19.5. The Balaban J connectivity index is 2.09. The number of amides is 2. The third-order valence-corrected chi connectivity index (χ3v) is 8.88. The molecule has 3 rings (SSSR count). The van der Waals surface area contributed by atoms with Crippen molar-refractivity contribution in [3.05, 3.63) is 78.4 Å². The Hall–Kier alpha value is -3.70. The van der Waals surface area contributed by atoms with Crippen LogP contribution >= 0.6 is 11.8 Å². The number of rotatable bonds is 14. The summed E-state index contributed by atoms with van der Waals surface area (Å²) >= 11 is 1.49. The molecule has 0 heterocycles. The summed E-state index contributed by atoms with van der Waals surface area (Å²) in [4.78, 5) is 29.3. The van der Waals surface area contributed by atoms with Crippen LogP contribution in [0.15, 0.2) is 82.6 Å². The van der Waals surface area contributed by atoms with Gasteiger partial charge < -0.3 is 19.7 Å². The van der Waals surface area contributed by atoms with E-state index in [1.54, 1.807) is 82.5 Å². The van der Waals surface area contributed by atoms with Crippen molar-refractivity contribution < 1.29 is 27.5 Å². The van der Waals surface area contributed by atoms with Crippen LogP contribution in [0.3, 0.4) is 0 Å². The van der Waals surface area contributed by atoms with Gasteiger partial charge in [-0.25, -0.2) is 8.42 Å². The second kappa shape index (κ2) is 14.8. The summed E-state index contributed by atoms with van der Waals surface area (Å²) in [5.41, 5.74) is 0.953. The molecule has 0 spiro atoms. The highest BCUT2D eigenvalue weighted by Gasteiger charge is 2.33. The molecule has 1 atom stereocenters. The molecule has 1 N–H and O–H groups in total. The smallest absolute Gasteiger partial charge is 0.264 e. The summed E-state index contributed by atoms with van der Waals surface area (Å²) in [5, 5.41) is 2.76. The molecule has 9 nitrogen and oxygen atoms in total. The van der Waals surface area contributed by atoms with E-state index in [9.17, 15) is 18.0 Å². The molecule has 3 aromatic rings. The highest BCUT2D eigenvalue weighted by Crippen LogP contribution is 2.33. The maximum Gasteiger partial charge on any atom is 0.264 e. The lowest BCUT2D eigenvalue weighted by Gasteiger charge is -2.32. The lowest BCUT2D eigenvalue weighted by molar-refractivity contribution is -0.139. The zero-order valence-corrected chi connectivity index (χ0v) is 25.6. The van der Waals surface area contributed by atoms with Crippen molar-refractivity contribution in [2.24, 2.45) is 0 Å². The van der Waals surface area contributed by atoms with Crippen LogP contribution in [-0.2, 0) is 26.2 Å². The van der Waals surface area contributed by atoms with E-state index >= 15 is 0 Å². The van der Waals surface area contributed by atoms with Gasteiger partial charge in [0.2, 0.25) is 11.8 Å². The van der Waals surface area contributed by atoms with Crippen LogP contribution in [0.25, 0.3) is 0 Å². The fraction of sp³-hybridized carbons (Fsp3) is 0.333. The number of likely N-dealkylation sites (N-methyl/N-ethyl adjacent to an activating group) is 1. The first-order chi connectivity index (χ1) is 19.7. The number of methoxy groups -OCH3 is 1. The van der Waals surface area contributed by atoms with Gasteiger partial charge in [0.1, 0.15) is 24.1 Å². The molecule has 0 aliphatic heterocycles. The number of hydrogen-bond donors (Lipinski definition) is 1. The van der Waals surface area contributed by atoms with E-state index in [2.05, 4.69) is 5.32 Å². The van der Waals surface area contributed by atoms with Crippen LogP contribution in [0, 0.1) is 0 Å². The molecular weight excluding hydrogens is 562 g/mol. The quantitative estimate of drug-likeness (QED) is 0.271. The Bertz CT molecular complexity index is 1430. The second-order valence-corrected chi connectivity index (χ2v) is 11.8. The highest BCUT2D eigenvalue weighted by atomic mass is 32.2. The Morgan fingerprint density at radius 1 is 1.00 bits per heavy atom. The average Bonchev–Trinajstić information content (AvgIpc) is 2.99. The van der Waals surface area contributed by atoms with Crippen molar-refractivity contribution in [3.63, 3.8) is 0 Å². The number of hydrogen-bond acceptors (Lipinski definition) is 7. The topological polar surface area (TPSA) is 105 Å². The van der Waals surface area contributed by atoms with Gasteiger partial charge in [0, 0.05) is 18.0 Å². The molecule has 2 amide bonds. The zero-order chi connectivity index (χ0) is 30.0.